The summed E-state index contributed by atoms with van der Waals surface area (Å²) in [7, 11) is -3.80. The number of halogens is 1. The van der Waals surface area contributed by atoms with E-state index in [-0.39, 0.29) is 41.0 Å². The van der Waals surface area contributed by atoms with E-state index in [0.717, 1.165) is 5.56 Å². The molecule has 0 saturated heterocycles. The molecule has 1 atom stereocenters. The minimum Gasteiger partial charge on any atom is -0.444 e. The number of nitrogens with zero attached hydrogens (tertiary/aromatic N) is 1. The number of hydrogen-bond donors (Lipinski definition) is 1. The number of sulfone groups is 1. The molecule has 0 fully saturated rings. The summed E-state index contributed by atoms with van der Waals surface area (Å²) in [6, 6.07) is 18.9. The lowest BCUT2D eigenvalue weighted by Crippen LogP contribution is -2.40. The van der Waals surface area contributed by atoms with Gasteiger partial charge in [-0.1, -0.05) is 42.8 Å². The van der Waals surface area contributed by atoms with Gasteiger partial charge in [-0.15, -0.1) is 0 Å². The average Bonchev–Trinajstić information content (AvgIpc) is 2.90. The lowest BCUT2D eigenvalue weighted by Gasteiger charge is -2.29. The van der Waals surface area contributed by atoms with Crippen molar-refractivity contribution in [3.8, 4) is 5.75 Å². The SMILES string of the molecule is CCCC(=O)Oc1ccc(S(=O)(=O)c2ccc(CCN(CC(O)c3cccc(Cl)c3)C(=O)OC(C)(C)C)cc2)cc1. The van der Waals surface area contributed by atoms with Crippen LogP contribution in [0.5, 0.6) is 5.75 Å². The zero-order valence-corrected chi connectivity index (χ0v) is 25.2. The van der Waals surface area contributed by atoms with E-state index in [2.05, 4.69) is 0 Å². The summed E-state index contributed by atoms with van der Waals surface area (Å²) in [6.07, 6.45) is -0.202. The van der Waals surface area contributed by atoms with E-state index in [1.165, 1.54) is 41.3 Å². The molecule has 3 aromatic rings. The number of amides is 1. The minimum absolute atomic E-state index is 0.00846. The van der Waals surface area contributed by atoms with E-state index in [9.17, 15) is 23.1 Å². The van der Waals surface area contributed by atoms with E-state index < -0.39 is 27.6 Å². The summed E-state index contributed by atoms with van der Waals surface area (Å²) in [6.45, 7) is 7.39. The quantitative estimate of drug-likeness (QED) is 0.200. The second-order valence-corrected chi connectivity index (χ2v) is 13.0. The Hall–Kier alpha value is -3.40. The van der Waals surface area contributed by atoms with Crippen molar-refractivity contribution in [2.24, 2.45) is 0 Å². The van der Waals surface area contributed by atoms with Gasteiger partial charge in [0.05, 0.1) is 22.4 Å². The molecule has 220 valence electrons. The molecule has 3 rings (SSSR count). The lowest BCUT2D eigenvalue weighted by molar-refractivity contribution is -0.134. The van der Waals surface area contributed by atoms with Crippen LogP contribution in [0, 0.1) is 0 Å². The van der Waals surface area contributed by atoms with Crippen molar-refractivity contribution in [1.82, 2.24) is 4.90 Å². The molecule has 1 unspecified atom stereocenters. The highest BCUT2D eigenvalue weighted by atomic mass is 35.5. The molecule has 0 aliphatic carbocycles. The average molecular weight is 602 g/mol. The van der Waals surface area contributed by atoms with Gasteiger partial charge in [-0.05, 0) is 93.3 Å². The van der Waals surface area contributed by atoms with Crippen LogP contribution < -0.4 is 4.74 Å². The summed E-state index contributed by atoms with van der Waals surface area (Å²) in [5, 5.41) is 11.3. The second-order valence-electron chi connectivity index (χ2n) is 10.6. The normalized spacial score (nSPS) is 12.4. The van der Waals surface area contributed by atoms with Crippen molar-refractivity contribution in [2.45, 2.75) is 68.5 Å². The molecule has 0 bridgehead atoms. The summed E-state index contributed by atoms with van der Waals surface area (Å²) < 4.78 is 37.0. The first kappa shape index (κ1) is 32.1. The van der Waals surface area contributed by atoms with E-state index in [4.69, 9.17) is 21.1 Å². The predicted octanol–water partition coefficient (Wildman–Crippen LogP) is 6.39. The third-order valence-electron chi connectivity index (χ3n) is 6.00. The number of esters is 1. The molecule has 0 aliphatic rings. The Balaban J connectivity index is 1.70. The topological polar surface area (TPSA) is 110 Å². The van der Waals surface area contributed by atoms with Crippen molar-refractivity contribution in [1.29, 1.82) is 0 Å². The molecule has 0 spiro atoms. The van der Waals surface area contributed by atoms with Crippen LogP contribution in [0.25, 0.3) is 0 Å². The van der Waals surface area contributed by atoms with Crippen LogP contribution in [-0.4, -0.2) is 49.2 Å². The van der Waals surface area contributed by atoms with Gasteiger partial charge in [0.2, 0.25) is 9.84 Å². The molecular formula is C31H36ClNO7S. The van der Waals surface area contributed by atoms with Gasteiger partial charge in [0, 0.05) is 18.0 Å². The van der Waals surface area contributed by atoms with Gasteiger partial charge >= 0.3 is 12.1 Å². The predicted molar refractivity (Wildman–Crippen MR) is 157 cm³/mol. The number of aliphatic hydroxyl groups is 1. The fourth-order valence-electron chi connectivity index (χ4n) is 3.92. The van der Waals surface area contributed by atoms with Crippen LogP contribution in [-0.2, 0) is 25.8 Å². The number of carbonyl (C=O) groups is 2. The number of rotatable bonds is 11. The second kappa shape index (κ2) is 14.0. The lowest BCUT2D eigenvalue weighted by atomic mass is 10.1. The van der Waals surface area contributed by atoms with Crippen LogP contribution in [0.3, 0.4) is 0 Å². The number of aliphatic hydroxyl groups excluding tert-OH is 1. The van der Waals surface area contributed by atoms with Crippen molar-refractivity contribution in [3.05, 3.63) is 88.9 Å². The molecule has 1 N–H and O–H groups in total. The van der Waals surface area contributed by atoms with Gasteiger partial charge in [0.25, 0.3) is 0 Å². The molecular weight excluding hydrogens is 566 g/mol. The fourth-order valence-corrected chi connectivity index (χ4v) is 5.38. The smallest absolute Gasteiger partial charge is 0.410 e. The van der Waals surface area contributed by atoms with Gasteiger partial charge < -0.3 is 19.5 Å². The molecule has 3 aromatic carbocycles. The molecule has 8 nitrogen and oxygen atoms in total. The van der Waals surface area contributed by atoms with Crippen LogP contribution in [0.2, 0.25) is 5.02 Å². The monoisotopic (exact) mass is 601 g/mol. The zero-order valence-electron chi connectivity index (χ0n) is 23.7. The maximum Gasteiger partial charge on any atom is 0.410 e. The van der Waals surface area contributed by atoms with E-state index in [1.54, 1.807) is 57.2 Å². The van der Waals surface area contributed by atoms with Gasteiger partial charge in [-0.3, -0.25) is 4.79 Å². The Labute approximate surface area is 246 Å². The van der Waals surface area contributed by atoms with Crippen LogP contribution >= 0.6 is 11.6 Å². The first-order valence-corrected chi connectivity index (χ1v) is 15.2. The van der Waals surface area contributed by atoms with Crippen LogP contribution in [0.1, 0.15) is 57.8 Å². The minimum atomic E-state index is -3.80. The van der Waals surface area contributed by atoms with Crippen molar-refractivity contribution in [2.75, 3.05) is 13.1 Å². The van der Waals surface area contributed by atoms with Crippen molar-refractivity contribution in [3.63, 3.8) is 0 Å². The van der Waals surface area contributed by atoms with E-state index in [0.29, 0.717) is 23.4 Å². The Kier molecular flexibility index (Phi) is 11.0. The summed E-state index contributed by atoms with van der Waals surface area (Å²) in [4.78, 5) is 26.2. The van der Waals surface area contributed by atoms with Crippen molar-refractivity contribution < 1.29 is 32.6 Å². The van der Waals surface area contributed by atoms with Gasteiger partial charge in [-0.2, -0.15) is 0 Å². The van der Waals surface area contributed by atoms with Gasteiger partial charge in [0.15, 0.2) is 0 Å². The Bertz CT molecular complexity index is 1430. The molecule has 0 heterocycles. The summed E-state index contributed by atoms with van der Waals surface area (Å²) in [5.41, 5.74) is 0.655. The largest absolute Gasteiger partial charge is 0.444 e. The maximum absolute atomic E-state index is 13.1. The maximum atomic E-state index is 13.1. The van der Waals surface area contributed by atoms with E-state index in [1.807, 2.05) is 6.92 Å². The van der Waals surface area contributed by atoms with Crippen molar-refractivity contribution >= 4 is 33.5 Å². The number of benzene rings is 3. The first-order chi connectivity index (χ1) is 19.3. The van der Waals surface area contributed by atoms with Gasteiger partial charge in [0.1, 0.15) is 11.4 Å². The molecule has 0 radical (unpaired) electrons. The van der Waals surface area contributed by atoms with Crippen LogP contribution in [0.15, 0.2) is 82.6 Å². The zero-order chi connectivity index (χ0) is 30.2. The summed E-state index contributed by atoms with van der Waals surface area (Å²) >= 11 is 6.06. The highest BCUT2D eigenvalue weighted by molar-refractivity contribution is 7.91. The molecule has 0 aliphatic heterocycles. The highest BCUT2D eigenvalue weighted by Crippen LogP contribution is 2.25. The summed E-state index contributed by atoms with van der Waals surface area (Å²) in [5.74, 6) is -0.0873. The molecule has 0 aromatic heterocycles. The standard InChI is InChI=1S/C31H36ClNO7S/c1-5-7-29(35)39-25-12-16-27(17-13-25)41(37,38)26-14-10-22(11-15-26)18-19-33(30(36)40-31(2,3)4)21-28(34)23-8-6-9-24(32)20-23/h6,8-17,20,28,34H,5,7,18-19,21H2,1-4H3. The molecule has 41 heavy (non-hydrogen) atoms. The third-order valence-corrected chi connectivity index (χ3v) is 8.02. The first-order valence-electron chi connectivity index (χ1n) is 13.3. The van der Waals surface area contributed by atoms with Gasteiger partial charge in [-0.25, -0.2) is 13.2 Å². The Morgan fingerprint density at radius 1 is 0.976 bits per heavy atom. The van der Waals surface area contributed by atoms with E-state index >= 15 is 0 Å². The Morgan fingerprint density at radius 2 is 1.59 bits per heavy atom. The highest BCUT2D eigenvalue weighted by Gasteiger charge is 2.25. The number of hydrogen-bond acceptors (Lipinski definition) is 7. The number of carbonyl (C=O) groups excluding carboxylic acids is 2. The number of ether oxygens (including phenoxy) is 2. The molecule has 10 heteroatoms. The molecule has 1 amide bonds. The third kappa shape index (κ3) is 9.59. The Morgan fingerprint density at radius 3 is 2.15 bits per heavy atom. The molecule has 0 saturated carbocycles. The fraction of sp³-hybridized carbons (Fsp3) is 0.355. The van der Waals surface area contributed by atoms with Crippen LogP contribution in [0.4, 0.5) is 4.79 Å².